The number of fused-ring (bicyclic) bond motifs is 1. The summed E-state index contributed by atoms with van der Waals surface area (Å²) in [5, 5.41) is 2.63. The standard InChI is InChI=1S/C30H26ClF2N5O3/c1-36-28(38-10-9-27(39)35-30(38)40)13-34-29(36)19-11-20-15-37(16-22(20)26(33)12-19)14-18-5-7-21(8-6-18)41-17-23-24(31)3-2-4-25(23)32/h2-8,11-13H,9-10,14-17H2,1H3,(H,35,39,40). The van der Waals surface area contributed by atoms with Crippen molar-refractivity contribution in [3.63, 3.8) is 0 Å². The molecule has 1 aromatic heterocycles. The molecule has 0 atom stereocenters. The molecule has 0 bridgehead atoms. The predicted octanol–water partition coefficient (Wildman–Crippen LogP) is 5.56. The van der Waals surface area contributed by atoms with Crippen molar-refractivity contribution in [2.45, 2.75) is 32.7 Å². The molecule has 0 spiro atoms. The Labute approximate surface area is 240 Å². The van der Waals surface area contributed by atoms with Crippen LogP contribution in [0.2, 0.25) is 5.02 Å². The predicted molar refractivity (Wildman–Crippen MR) is 149 cm³/mol. The van der Waals surface area contributed by atoms with E-state index in [-0.39, 0.29) is 31.3 Å². The van der Waals surface area contributed by atoms with Gasteiger partial charge in [-0.05, 0) is 47.5 Å². The Morgan fingerprint density at radius 3 is 2.61 bits per heavy atom. The lowest BCUT2D eigenvalue weighted by Gasteiger charge is -2.26. The molecule has 8 nitrogen and oxygen atoms in total. The number of carbonyl (C=O) groups excluding carboxylic acids is 2. The number of rotatable bonds is 7. The van der Waals surface area contributed by atoms with Crippen molar-refractivity contribution in [2.24, 2.45) is 7.05 Å². The van der Waals surface area contributed by atoms with E-state index in [0.29, 0.717) is 58.7 Å². The smallest absolute Gasteiger partial charge is 0.329 e. The Kier molecular flexibility index (Phi) is 7.19. The number of amides is 3. The van der Waals surface area contributed by atoms with Crippen LogP contribution in [-0.4, -0.2) is 32.9 Å². The third-order valence-electron chi connectivity index (χ3n) is 7.39. The molecular formula is C30H26ClF2N5O3. The topological polar surface area (TPSA) is 79.7 Å². The fourth-order valence-corrected chi connectivity index (χ4v) is 5.47. The van der Waals surface area contributed by atoms with Crippen LogP contribution in [0.25, 0.3) is 11.4 Å². The molecule has 2 aliphatic heterocycles. The lowest BCUT2D eigenvalue weighted by atomic mass is 10.1. The molecule has 3 amide bonds. The molecule has 6 rings (SSSR count). The van der Waals surface area contributed by atoms with Crippen molar-refractivity contribution in [3.05, 3.63) is 99.7 Å². The Morgan fingerprint density at radius 2 is 1.85 bits per heavy atom. The fourth-order valence-electron chi connectivity index (χ4n) is 5.25. The Balaban J connectivity index is 1.12. The van der Waals surface area contributed by atoms with Crippen LogP contribution >= 0.6 is 11.6 Å². The van der Waals surface area contributed by atoms with Crippen molar-refractivity contribution in [2.75, 3.05) is 11.4 Å². The van der Waals surface area contributed by atoms with E-state index in [0.717, 1.165) is 11.1 Å². The molecule has 3 aromatic carbocycles. The lowest BCUT2D eigenvalue weighted by molar-refractivity contribution is -0.120. The van der Waals surface area contributed by atoms with E-state index in [1.165, 1.54) is 17.0 Å². The van der Waals surface area contributed by atoms with Gasteiger partial charge in [-0.25, -0.2) is 18.6 Å². The average molecular weight is 578 g/mol. The van der Waals surface area contributed by atoms with Crippen molar-refractivity contribution in [1.29, 1.82) is 0 Å². The number of hydrogen-bond donors (Lipinski definition) is 1. The number of carbonyl (C=O) groups is 2. The third kappa shape index (κ3) is 5.40. The molecule has 210 valence electrons. The number of nitrogens with one attached hydrogen (secondary N) is 1. The molecule has 2 aliphatic rings. The monoisotopic (exact) mass is 577 g/mol. The molecule has 4 aromatic rings. The van der Waals surface area contributed by atoms with Gasteiger partial charge in [-0.1, -0.05) is 29.8 Å². The average Bonchev–Trinajstić information content (AvgIpc) is 3.52. The van der Waals surface area contributed by atoms with Gasteiger partial charge in [0, 0.05) is 56.3 Å². The lowest BCUT2D eigenvalue weighted by Crippen LogP contribution is -2.50. The summed E-state index contributed by atoms with van der Waals surface area (Å²) >= 11 is 6.08. The van der Waals surface area contributed by atoms with Gasteiger partial charge in [-0.3, -0.25) is 19.9 Å². The minimum absolute atomic E-state index is 0.0241. The second-order valence-electron chi connectivity index (χ2n) is 10.1. The number of ether oxygens (including phenoxy) is 1. The zero-order valence-electron chi connectivity index (χ0n) is 22.2. The summed E-state index contributed by atoms with van der Waals surface area (Å²) in [4.78, 5) is 31.9. The van der Waals surface area contributed by atoms with Gasteiger partial charge < -0.3 is 9.30 Å². The highest BCUT2D eigenvalue weighted by Gasteiger charge is 2.28. The minimum Gasteiger partial charge on any atom is -0.489 e. The maximum Gasteiger partial charge on any atom is 0.329 e. The van der Waals surface area contributed by atoms with Gasteiger partial charge in [0.25, 0.3) is 0 Å². The van der Waals surface area contributed by atoms with E-state index in [2.05, 4.69) is 15.2 Å². The number of anilines is 1. The van der Waals surface area contributed by atoms with E-state index >= 15 is 4.39 Å². The highest BCUT2D eigenvalue weighted by molar-refractivity contribution is 6.31. The third-order valence-corrected chi connectivity index (χ3v) is 7.74. The van der Waals surface area contributed by atoms with E-state index < -0.39 is 11.8 Å². The van der Waals surface area contributed by atoms with Gasteiger partial charge in [-0.15, -0.1) is 0 Å². The summed E-state index contributed by atoms with van der Waals surface area (Å²) in [6.07, 6.45) is 1.76. The molecule has 41 heavy (non-hydrogen) atoms. The molecule has 1 saturated heterocycles. The number of halogens is 3. The number of hydrogen-bond acceptors (Lipinski definition) is 5. The fraction of sp³-hybridized carbons (Fsp3) is 0.233. The molecule has 0 saturated carbocycles. The Hall–Kier alpha value is -4.28. The van der Waals surface area contributed by atoms with Crippen LogP contribution in [0.3, 0.4) is 0 Å². The van der Waals surface area contributed by atoms with Crippen LogP contribution in [0.4, 0.5) is 19.4 Å². The molecular weight excluding hydrogens is 552 g/mol. The van der Waals surface area contributed by atoms with Crippen LogP contribution in [0.15, 0.2) is 60.8 Å². The first-order valence-electron chi connectivity index (χ1n) is 13.1. The number of imide groups is 1. The molecule has 0 aliphatic carbocycles. The van der Waals surface area contributed by atoms with E-state index in [4.69, 9.17) is 16.3 Å². The maximum atomic E-state index is 15.3. The van der Waals surface area contributed by atoms with Crippen LogP contribution in [0, 0.1) is 11.6 Å². The van der Waals surface area contributed by atoms with Gasteiger partial charge in [0.15, 0.2) is 0 Å². The van der Waals surface area contributed by atoms with Gasteiger partial charge >= 0.3 is 6.03 Å². The van der Waals surface area contributed by atoms with E-state index in [1.807, 2.05) is 30.3 Å². The quantitative estimate of drug-likeness (QED) is 0.311. The largest absolute Gasteiger partial charge is 0.489 e. The number of aromatic nitrogens is 2. The first kappa shape index (κ1) is 26.9. The number of nitrogens with zero attached hydrogens (tertiary/aromatic N) is 4. The van der Waals surface area contributed by atoms with Gasteiger partial charge in [0.05, 0.1) is 11.2 Å². The van der Waals surface area contributed by atoms with E-state index in [1.54, 1.807) is 29.9 Å². The maximum absolute atomic E-state index is 15.3. The van der Waals surface area contributed by atoms with Gasteiger partial charge in [0.1, 0.15) is 35.6 Å². The second-order valence-corrected chi connectivity index (χ2v) is 10.5. The highest BCUT2D eigenvalue weighted by Crippen LogP contribution is 2.33. The minimum atomic E-state index is -0.499. The first-order valence-corrected chi connectivity index (χ1v) is 13.5. The number of benzene rings is 3. The SMILES string of the molecule is Cn1c(N2CCC(=O)NC2=O)cnc1-c1cc(F)c2c(c1)CN(Cc1ccc(OCc3c(F)cccc3Cl)cc1)C2. The summed E-state index contributed by atoms with van der Waals surface area (Å²) in [7, 11) is 1.76. The van der Waals surface area contributed by atoms with Crippen LogP contribution in [0.1, 0.15) is 28.7 Å². The molecule has 11 heteroatoms. The molecule has 1 N–H and O–H groups in total. The molecule has 0 unspecified atom stereocenters. The van der Waals surface area contributed by atoms with Crippen molar-refractivity contribution < 1.29 is 23.1 Å². The first-order chi connectivity index (χ1) is 19.8. The second kappa shape index (κ2) is 10.9. The summed E-state index contributed by atoms with van der Waals surface area (Å²) < 4.78 is 36.7. The van der Waals surface area contributed by atoms with Crippen LogP contribution < -0.4 is 15.0 Å². The van der Waals surface area contributed by atoms with Gasteiger partial charge in [0.2, 0.25) is 5.91 Å². The summed E-state index contributed by atoms with van der Waals surface area (Å²) in [6.45, 7) is 1.93. The van der Waals surface area contributed by atoms with Crippen LogP contribution in [0.5, 0.6) is 5.75 Å². The van der Waals surface area contributed by atoms with Crippen molar-refractivity contribution in [3.8, 4) is 17.1 Å². The summed E-state index contributed by atoms with van der Waals surface area (Å²) in [5.74, 6) is 0.619. The van der Waals surface area contributed by atoms with Crippen molar-refractivity contribution in [1.82, 2.24) is 19.8 Å². The zero-order chi connectivity index (χ0) is 28.7. The summed E-state index contributed by atoms with van der Waals surface area (Å²) in [6, 6.07) is 15.0. The number of urea groups is 1. The molecule has 1 fully saturated rings. The van der Waals surface area contributed by atoms with Crippen LogP contribution in [-0.2, 0) is 38.1 Å². The molecule has 3 heterocycles. The molecule has 0 radical (unpaired) electrons. The normalized spacial score (nSPS) is 15.3. The summed E-state index contributed by atoms with van der Waals surface area (Å²) in [5.41, 5.74) is 3.49. The van der Waals surface area contributed by atoms with Crippen molar-refractivity contribution >= 4 is 29.4 Å². The Morgan fingerprint density at radius 1 is 1.05 bits per heavy atom. The van der Waals surface area contributed by atoms with E-state index in [9.17, 15) is 14.0 Å². The zero-order valence-corrected chi connectivity index (χ0v) is 22.9. The van der Waals surface area contributed by atoms with Gasteiger partial charge in [-0.2, -0.15) is 0 Å². The highest BCUT2D eigenvalue weighted by atomic mass is 35.5. The Bertz CT molecular complexity index is 1640. The number of imidazole rings is 1.